The van der Waals surface area contributed by atoms with Gasteiger partial charge in [0.05, 0.1) is 18.9 Å². The van der Waals surface area contributed by atoms with Crippen molar-refractivity contribution in [3.8, 4) is 0 Å². The fraction of sp³-hybridized carbons (Fsp3) is 0.625. The molecule has 0 fully saturated rings. The molecule has 0 aliphatic heterocycles. The lowest BCUT2D eigenvalue weighted by molar-refractivity contribution is -0.143. The van der Waals surface area contributed by atoms with Gasteiger partial charge in [0.25, 0.3) is 0 Å². The fourth-order valence-corrected chi connectivity index (χ4v) is 2.06. The molecule has 29 heavy (non-hydrogen) atoms. The van der Waals surface area contributed by atoms with E-state index in [4.69, 9.17) is 22.3 Å². The van der Waals surface area contributed by atoms with Gasteiger partial charge < -0.3 is 38.3 Å². The van der Waals surface area contributed by atoms with E-state index in [0.717, 1.165) is 0 Å². The number of rotatable bonds is 12. The van der Waals surface area contributed by atoms with Crippen LogP contribution in [0.3, 0.4) is 0 Å². The van der Waals surface area contributed by atoms with Crippen LogP contribution in [0.1, 0.15) is 33.6 Å². The van der Waals surface area contributed by atoms with Gasteiger partial charge >= 0.3 is 5.97 Å². The number of hydrogen-bond acceptors (Lipinski definition) is 7. The third kappa shape index (κ3) is 9.51. The Morgan fingerprint density at radius 3 is 1.62 bits per heavy atom. The number of nitrogens with one attached hydrogen (secondary N) is 3. The second-order valence-corrected chi connectivity index (χ2v) is 6.80. The van der Waals surface area contributed by atoms with E-state index in [1.807, 2.05) is 0 Å². The maximum atomic E-state index is 12.4. The zero-order chi connectivity index (χ0) is 22.9. The summed E-state index contributed by atoms with van der Waals surface area (Å²) in [5.41, 5.74) is 15.7. The second kappa shape index (κ2) is 11.6. The molecule has 0 rings (SSSR count). The monoisotopic (exact) mass is 416 g/mol. The first-order valence-electron chi connectivity index (χ1n) is 8.72. The molecule has 5 amide bonds. The zero-order valence-electron chi connectivity index (χ0n) is 16.4. The minimum atomic E-state index is -1.58. The lowest BCUT2D eigenvalue weighted by Crippen LogP contribution is -2.57. The number of hydrogen-bond donors (Lipinski definition) is 7. The summed E-state index contributed by atoms with van der Waals surface area (Å²) in [5.74, 6) is -6.07. The predicted molar refractivity (Wildman–Crippen MR) is 99.5 cm³/mol. The van der Waals surface area contributed by atoms with Crippen molar-refractivity contribution in [2.24, 2.45) is 23.1 Å². The highest BCUT2D eigenvalue weighted by molar-refractivity contribution is 5.96. The van der Waals surface area contributed by atoms with Crippen LogP contribution in [0.2, 0.25) is 0 Å². The Morgan fingerprint density at radius 2 is 1.21 bits per heavy atom. The highest BCUT2D eigenvalue weighted by Gasteiger charge is 2.30. The second-order valence-electron chi connectivity index (χ2n) is 6.80. The summed E-state index contributed by atoms with van der Waals surface area (Å²) >= 11 is 0. The molecule has 0 heterocycles. The number of carbonyl (C=O) groups excluding carboxylic acids is 5. The zero-order valence-corrected chi connectivity index (χ0v) is 16.4. The van der Waals surface area contributed by atoms with E-state index in [2.05, 4.69) is 16.0 Å². The highest BCUT2D eigenvalue weighted by atomic mass is 16.4. The number of nitrogens with two attached hydrogens (primary N) is 3. The molecule has 0 aromatic rings. The first kappa shape index (κ1) is 25.8. The van der Waals surface area contributed by atoms with Gasteiger partial charge in [-0.3, -0.25) is 24.0 Å². The molecular formula is C16H28N6O7. The van der Waals surface area contributed by atoms with Crippen LogP contribution >= 0.6 is 0 Å². The molecule has 0 aromatic carbocycles. The Labute approximate surface area is 167 Å². The van der Waals surface area contributed by atoms with Crippen LogP contribution < -0.4 is 33.2 Å². The van der Waals surface area contributed by atoms with Crippen LogP contribution in [0.25, 0.3) is 0 Å². The molecule has 4 unspecified atom stereocenters. The molecule has 0 bridgehead atoms. The maximum absolute atomic E-state index is 12.4. The summed E-state index contributed by atoms with van der Waals surface area (Å²) in [6.07, 6.45) is -1.19. The number of primary amides is 2. The number of carboxylic acid groups (broad SMARTS) is 1. The molecule has 0 saturated heterocycles. The van der Waals surface area contributed by atoms with Crippen LogP contribution in [0, 0.1) is 5.92 Å². The summed E-state index contributed by atoms with van der Waals surface area (Å²) in [5, 5.41) is 15.6. The summed E-state index contributed by atoms with van der Waals surface area (Å²) < 4.78 is 0. The van der Waals surface area contributed by atoms with Gasteiger partial charge in [-0.15, -0.1) is 0 Å². The summed E-state index contributed by atoms with van der Waals surface area (Å²) in [6, 6.07) is -5.17. The van der Waals surface area contributed by atoms with Gasteiger partial charge in [-0.05, 0) is 12.8 Å². The van der Waals surface area contributed by atoms with Crippen molar-refractivity contribution in [1.82, 2.24) is 16.0 Å². The van der Waals surface area contributed by atoms with E-state index in [1.165, 1.54) is 6.92 Å². The molecular weight excluding hydrogens is 388 g/mol. The molecule has 0 saturated carbocycles. The van der Waals surface area contributed by atoms with E-state index in [1.54, 1.807) is 13.8 Å². The number of amides is 5. The normalized spacial score (nSPS) is 14.8. The standard InChI is InChI=1S/C16H28N6O7/c1-6(2)12(19)15(27)21-8(4-10(17)23)14(26)20-7(3)13(25)22-9(16(28)29)5-11(18)24/h6-9,12H,4-5,19H2,1-3H3,(H2,17,23)(H2,18,24)(H,20,26)(H,21,27)(H,22,25)(H,28,29). The third-order valence-corrected chi connectivity index (χ3v) is 3.83. The van der Waals surface area contributed by atoms with Crippen LogP contribution in [0.4, 0.5) is 0 Å². The molecule has 0 aromatic heterocycles. The molecule has 164 valence electrons. The van der Waals surface area contributed by atoms with Gasteiger partial charge in [0.15, 0.2) is 0 Å². The van der Waals surface area contributed by atoms with Crippen molar-refractivity contribution in [2.75, 3.05) is 0 Å². The molecule has 0 aliphatic carbocycles. The summed E-state index contributed by atoms with van der Waals surface area (Å²) in [7, 11) is 0. The largest absolute Gasteiger partial charge is 0.480 e. The Balaban J connectivity index is 5.11. The van der Waals surface area contributed by atoms with E-state index in [-0.39, 0.29) is 5.92 Å². The van der Waals surface area contributed by atoms with Gasteiger partial charge in [-0.25, -0.2) is 4.79 Å². The molecule has 13 nitrogen and oxygen atoms in total. The van der Waals surface area contributed by atoms with Crippen molar-refractivity contribution >= 4 is 35.5 Å². The van der Waals surface area contributed by atoms with Gasteiger partial charge in [0, 0.05) is 0 Å². The minimum absolute atomic E-state index is 0.241. The van der Waals surface area contributed by atoms with E-state index in [9.17, 15) is 28.8 Å². The Hall–Kier alpha value is -3.22. The average Bonchev–Trinajstić information content (AvgIpc) is 2.58. The predicted octanol–water partition coefficient (Wildman–Crippen LogP) is -3.72. The SMILES string of the molecule is CC(NC(=O)C(CC(N)=O)NC(=O)C(N)C(C)C)C(=O)NC(CC(N)=O)C(=O)O. The highest BCUT2D eigenvalue weighted by Crippen LogP contribution is 2.01. The molecule has 0 spiro atoms. The summed E-state index contributed by atoms with van der Waals surface area (Å²) in [6.45, 7) is 4.61. The van der Waals surface area contributed by atoms with Crippen molar-refractivity contribution in [3.05, 3.63) is 0 Å². The molecule has 0 radical (unpaired) electrons. The smallest absolute Gasteiger partial charge is 0.326 e. The number of carbonyl (C=O) groups is 6. The van der Waals surface area contributed by atoms with Crippen molar-refractivity contribution in [3.63, 3.8) is 0 Å². The van der Waals surface area contributed by atoms with Gasteiger partial charge in [-0.1, -0.05) is 13.8 Å². The van der Waals surface area contributed by atoms with Crippen LogP contribution in [-0.4, -0.2) is 64.8 Å². The molecule has 10 N–H and O–H groups in total. The number of carboxylic acids is 1. The molecule has 0 aliphatic rings. The van der Waals surface area contributed by atoms with Gasteiger partial charge in [-0.2, -0.15) is 0 Å². The van der Waals surface area contributed by atoms with Gasteiger partial charge in [0.1, 0.15) is 18.1 Å². The molecule has 4 atom stereocenters. The maximum Gasteiger partial charge on any atom is 0.326 e. The first-order valence-corrected chi connectivity index (χ1v) is 8.72. The van der Waals surface area contributed by atoms with Crippen LogP contribution in [0.5, 0.6) is 0 Å². The van der Waals surface area contributed by atoms with E-state index >= 15 is 0 Å². The Bertz CT molecular complexity index is 666. The first-order chi connectivity index (χ1) is 13.3. The van der Waals surface area contributed by atoms with Gasteiger partial charge in [0.2, 0.25) is 29.5 Å². The summed E-state index contributed by atoms with van der Waals surface area (Å²) in [4.78, 5) is 69.7. The lowest BCUT2D eigenvalue weighted by atomic mass is 10.0. The number of aliphatic carboxylic acids is 1. The minimum Gasteiger partial charge on any atom is -0.480 e. The topological polar surface area (TPSA) is 237 Å². The fourth-order valence-electron chi connectivity index (χ4n) is 2.06. The third-order valence-electron chi connectivity index (χ3n) is 3.83. The van der Waals surface area contributed by atoms with E-state index < -0.39 is 72.5 Å². The Morgan fingerprint density at radius 1 is 0.759 bits per heavy atom. The van der Waals surface area contributed by atoms with Crippen molar-refractivity contribution < 1.29 is 33.9 Å². The quantitative estimate of drug-likeness (QED) is 0.166. The molecule has 13 heteroatoms. The van der Waals surface area contributed by atoms with Crippen LogP contribution in [-0.2, 0) is 28.8 Å². The van der Waals surface area contributed by atoms with E-state index in [0.29, 0.717) is 0 Å². The van der Waals surface area contributed by atoms with Crippen molar-refractivity contribution in [2.45, 2.75) is 57.8 Å². The Kier molecular flexibility index (Phi) is 10.3. The lowest BCUT2D eigenvalue weighted by Gasteiger charge is -2.23. The average molecular weight is 416 g/mol. The van der Waals surface area contributed by atoms with Crippen molar-refractivity contribution in [1.29, 1.82) is 0 Å². The van der Waals surface area contributed by atoms with Crippen LogP contribution in [0.15, 0.2) is 0 Å².